The average molecular weight is 424 g/mol. The van der Waals surface area contributed by atoms with Crippen LogP contribution in [0, 0.1) is 11.3 Å². The number of benzene rings is 1. The van der Waals surface area contributed by atoms with Crippen molar-refractivity contribution in [3.05, 3.63) is 57.7 Å². The van der Waals surface area contributed by atoms with Crippen molar-refractivity contribution >= 4 is 27.8 Å². The lowest BCUT2D eigenvalue weighted by Crippen LogP contribution is -2.31. The van der Waals surface area contributed by atoms with E-state index in [9.17, 15) is 0 Å². The monoisotopic (exact) mass is 423 g/mol. The zero-order valence-electron chi connectivity index (χ0n) is 15.1. The highest BCUT2D eigenvalue weighted by Gasteiger charge is 2.24. The number of aryl methyl sites for hydroxylation is 1. The van der Waals surface area contributed by atoms with Crippen molar-refractivity contribution in [2.45, 2.75) is 50.7 Å². The second-order valence-corrected chi connectivity index (χ2v) is 8.02. The summed E-state index contributed by atoms with van der Waals surface area (Å²) >= 11 is 3.42. The molecule has 0 spiro atoms. The minimum absolute atomic E-state index is 0.223. The molecule has 0 amide bonds. The Kier molecular flexibility index (Phi) is 5.45. The molecule has 4 rings (SSSR count). The van der Waals surface area contributed by atoms with Gasteiger partial charge in [0.2, 0.25) is 0 Å². The van der Waals surface area contributed by atoms with Gasteiger partial charge >= 0.3 is 0 Å². The van der Waals surface area contributed by atoms with Crippen molar-refractivity contribution in [3.8, 4) is 11.8 Å². The van der Waals surface area contributed by atoms with Crippen LogP contribution in [0.3, 0.4) is 0 Å². The van der Waals surface area contributed by atoms with Crippen LogP contribution in [-0.2, 0) is 6.42 Å². The molecule has 1 N–H and O–H groups in total. The van der Waals surface area contributed by atoms with Crippen molar-refractivity contribution in [1.82, 2.24) is 4.98 Å². The molecule has 27 heavy (non-hydrogen) atoms. The largest absolute Gasteiger partial charge is 0.490 e. The summed E-state index contributed by atoms with van der Waals surface area (Å²) in [7, 11) is 0. The molecule has 1 aromatic heterocycles. The van der Waals surface area contributed by atoms with Crippen molar-refractivity contribution in [2.75, 3.05) is 5.32 Å². The van der Waals surface area contributed by atoms with Gasteiger partial charge in [-0.25, -0.2) is 4.98 Å². The summed E-state index contributed by atoms with van der Waals surface area (Å²) in [4.78, 5) is 4.57. The number of nitriles is 1. The lowest BCUT2D eigenvalue weighted by molar-refractivity contribution is 0.150. The molecule has 0 aliphatic heterocycles. The van der Waals surface area contributed by atoms with Gasteiger partial charge < -0.3 is 10.1 Å². The summed E-state index contributed by atoms with van der Waals surface area (Å²) in [5.41, 5.74) is 3.27. The first kappa shape index (κ1) is 18.1. The predicted molar refractivity (Wildman–Crippen MR) is 111 cm³/mol. The minimum atomic E-state index is 0.223. The molecule has 5 heteroatoms. The van der Waals surface area contributed by atoms with E-state index >= 15 is 0 Å². The van der Waals surface area contributed by atoms with Crippen molar-refractivity contribution in [2.24, 2.45) is 0 Å². The Labute approximate surface area is 168 Å². The van der Waals surface area contributed by atoms with Crippen LogP contribution in [0.15, 0.2) is 41.0 Å². The maximum absolute atomic E-state index is 9.02. The third kappa shape index (κ3) is 4.17. The summed E-state index contributed by atoms with van der Waals surface area (Å²) in [6, 6.07) is 10.3. The molecule has 1 fully saturated rings. The zero-order valence-corrected chi connectivity index (χ0v) is 16.7. The van der Waals surface area contributed by atoms with Gasteiger partial charge in [0.25, 0.3) is 0 Å². The molecule has 0 radical (unpaired) electrons. The number of halogens is 1. The second-order valence-electron chi connectivity index (χ2n) is 7.16. The Hall–Kier alpha value is -2.32. The number of fused-ring (bicyclic) bond motifs is 1. The van der Waals surface area contributed by atoms with Gasteiger partial charge in [-0.1, -0.05) is 12.2 Å². The van der Waals surface area contributed by atoms with E-state index in [-0.39, 0.29) is 6.10 Å². The predicted octanol–water partition coefficient (Wildman–Crippen LogP) is 5.48. The fourth-order valence-corrected chi connectivity index (χ4v) is 4.29. The van der Waals surface area contributed by atoms with Crippen LogP contribution in [-0.4, -0.2) is 17.1 Å². The van der Waals surface area contributed by atoms with Gasteiger partial charge in [-0.2, -0.15) is 5.26 Å². The number of anilines is 1. The fraction of sp³-hybridized carbons (Fsp3) is 0.364. The van der Waals surface area contributed by atoms with Crippen molar-refractivity contribution < 1.29 is 4.74 Å². The van der Waals surface area contributed by atoms with Gasteiger partial charge in [-0.05, 0) is 84.3 Å². The maximum atomic E-state index is 9.02. The van der Waals surface area contributed by atoms with Crippen LogP contribution in [0.1, 0.15) is 48.8 Å². The van der Waals surface area contributed by atoms with Gasteiger partial charge in [-0.15, -0.1) is 0 Å². The number of allylic oxidation sites excluding steroid dienone is 1. The van der Waals surface area contributed by atoms with E-state index in [1.165, 1.54) is 11.1 Å². The highest BCUT2D eigenvalue weighted by Crippen LogP contribution is 2.30. The second kappa shape index (κ2) is 8.14. The molecular weight excluding hydrogens is 402 g/mol. The molecule has 0 atom stereocenters. The van der Waals surface area contributed by atoms with Crippen LogP contribution in [0.5, 0.6) is 5.75 Å². The highest BCUT2D eigenvalue weighted by atomic mass is 79.9. The lowest BCUT2D eigenvalue weighted by Gasteiger charge is -2.30. The molecule has 4 nitrogen and oxygen atoms in total. The first-order chi connectivity index (χ1) is 13.2. The molecular formula is C22H22BrN3O. The molecule has 1 heterocycles. The number of nitrogens with one attached hydrogen (secondary N) is 1. The summed E-state index contributed by atoms with van der Waals surface area (Å²) in [6.45, 7) is 0. The minimum Gasteiger partial charge on any atom is -0.490 e. The van der Waals surface area contributed by atoms with E-state index in [0.29, 0.717) is 11.6 Å². The fourth-order valence-electron chi connectivity index (χ4n) is 3.84. The number of hydrogen-bond acceptors (Lipinski definition) is 4. The zero-order chi connectivity index (χ0) is 18.6. The number of aromatic nitrogens is 1. The lowest BCUT2D eigenvalue weighted by atomic mass is 9.92. The average Bonchev–Trinajstić information content (AvgIpc) is 2.70. The number of nitrogens with zero attached hydrogens (tertiary/aromatic N) is 2. The number of rotatable bonds is 4. The molecule has 0 unspecified atom stereocenters. The van der Waals surface area contributed by atoms with E-state index in [1.807, 2.05) is 18.3 Å². The summed E-state index contributed by atoms with van der Waals surface area (Å²) in [6.07, 6.45) is 12.9. The normalized spacial score (nSPS) is 21.2. The molecule has 138 valence electrons. The van der Waals surface area contributed by atoms with Crippen molar-refractivity contribution in [1.29, 1.82) is 5.26 Å². The quantitative estimate of drug-likeness (QED) is 0.707. The molecule has 1 saturated carbocycles. The Bertz CT molecular complexity index is 895. The van der Waals surface area contributed by atoms with Crippen LogP contribution in [0.2, 0.25) is 0 Å². The molecule has 2 aromatic rings. The first-order valence-electron chi connectivity index (χ1n) is 9.50. The van der Waals surface area contributed by atoms with Gasteiger partial charge in [0.1, 0.15) is 17.6 Å². The summed E-state index contributed by atoms with van der Waals surface area (Å²) < 4.78 is 6.91. The molecule has 1 aromatic carbocycles. The van der Waals surface area contributed by atoms with E-state index in [2.05, 4.69) is 50.5 Å². The number of pyridine rings is 1. The number of hydrogen-bond donors (Lipinski definition) is 1. The Morgan fingerprint density at radius 3 is 2.81 bits per heavy atom. The third-order valence-electron chi connectivity index (χ3n) is 5.32. The van der Waals surface area contributed by atoms with Crippen LogP contribution in [0.25, 0.3) is 6.08 Å². The van der Waals surface area contributed by atoms with Crippen LogP contribution >= 0.6 is 15.9 Å². The topological polar surface area (TPSA) is 57.9 Å². The molecule has 0 saturated heterocycles. The van der Waals surface area contributed by atoms with Gasteiger partial charge in [-0.3, -0.25) is 0 Å². The van der Waals surface area contributed by atoms with E-state index in [4.69, 9.17) is 10.00 Å². The summed E-state index contributed by atoms with van der Waals surface area (Å²) in [5, 5.41) is 12.7. The Morgan fingerprint density at radius 2 is 2.04 bits per heavy atom. The van der Waals surface area contributed by atoms with E-state index in [0.717, 1.165) is 54.6 Å². The van der Waals surface area contributed by atoms with E-state index < -0.39 is 0 Å². The van der Waals surface area contributed by atoms with Gasteiger partial charge in [0, 0.05) is 22.3 Å². The Balaban J connectivity index is 1.34. The SMILES string of the molecule is N#Cc1ccc(O[C@H]2CC[C@H](Nc3nccc4c3C=CCC4)CC2)cc1Br. The van der Waals surface area contributed by atoms with E-state index in [1.54, 1.807) is 6.07 Å². The Morgan fingerprint density at radius 1 is 1.19 bits per heavy atom. The van der Waals surface area contributed by atoms with Crippen molar-refractivity contribution in [3.63, 3.8) is 0 Å². The highest BCUT2D eigenvalue weighted by molar-refractivity contribution is 9.10. The van der Waals surface area contributed by atoms with Crippen LogP contribution < -0.4 is 10.1 Å². The molecule has 2 aliphatic carbocycles. The standard InChI is InChI=1S/C22H22BrN3O/c23-21-13-19(8-5-16(21)14-24)27-18-9-6-17(7-10-18)26-22-20-4-2-1-3-15(20)11-12-25-22/h2,4-5,8,11-13,17-18H,1,3,6-7,9-10H2,(H,25,26)/t17-,18-. The van der Waals surface area contributed by atoms with Crippen LogP contribution in [0.4, 0.5) is 5.82 Å². The third-order valence-corrected chi connectivity index (χ3v) is 5.98. The smallest absolute Gasteiger partial charge is 0.133 e. The first-order valence-corrected chi connectivity index (χ1v) is 10.3. The molecule has 2 aliphatic rings. The summed E-state index contributed by atoms with van der Waals surface area (Å²) in [5.74, 6) is 1.84. The van der Waals surface area contributed by atoms with Gasteiger partial charge in [0.15, 0.2) is 0 Å². The molecule has 0 bridgehead atoms. The number of ether oxygens (including phenoxy) is 1. The van der Waals surface area contributed by atoms with Gasteiger partial charge in [0.05, 0.1) is 11.7 Å². The maximum Gasteiger partial charge on any atom is 0.133 e.